The second-order valence-electron chi connectivity index (χ2n) is 8.37. The van der Waals surface area contributed by atoms with Gasteiger partial charge in [0.15, 0.2) is 0 Å². The highest BCUT2D eigenvalue weighted by Crippen LogP contribution is 2.42. The third-order valence-electron chi connectivity index (χ3n) is 6.07. The van der Waals surface area contributed by atoms with Gasteiger partial charge in [0.1, 0.15) is 17.1 Å². The Morgan fingerprint density at radius 2 is 1.85 bits per heavy atom. The molecular weight excluding hydrogens is 613 g/mol. The van der Waals surface area contributed by atoms with E-state index >= 15 is 0 Å². The van der Waals surface area contributed by atoms with E-state index in [0.717, 1.165) is 0 Å². The highest BCUT2D eigenvalue weighted by Gasteiger charge is 2.22. The molecule has 1 aliphatic heterocycles. The molecule has 0 bridgehead atoms. The number of benzene rings is 4. The quantitative estimate of drug-likeness (QED) is 0.0476. The van der Waals surface area contributed by atoms with Crippen LogP contribution < -0.4 is 10.7 Å². The van der Waals surface area contributed by atoms with Crippen LogP contribution in [-0.2, 0) is 4.74 Å². The largest absolute Gasteiger partial charge is 0.506 e. The van der Waals surface area contributed by atoms with Gasteiger partial charge in [0.05, 0.1) is 32.9 Å². The van der Waals surface area contributed by atoms with Gasteiger partial charge in [0.2, 0.25) is 0 Å². The van der Waals surface area contributed by atoms with E-state index in [4.69, 9.17) is 20.1 Å². The first-order chi connectivity index (χ1) is 18.8. The van der Waals surface area contributed by atoms with Gasteiger partial charge in [-0.25, -0.2) is 4.79 Å². The van der Waals surface area contributed by atoms with Crippen LogP contribution >= 0.6 is 22.6 Å². The SMILES string of the molecule is COC(=O)c1ccccc1-c1c2ccc(=N)cc-2oc2cc(NC(=O)c3ccc(N=[N+]=[N-])c(I)c3O)ccc12. The predicted molar refractivity (Wildman–Crippen MR) is 153 cm³/mol. The molecule has 10 nitrogen and oxygen atoms in total. The molecule has 2 aliphatic rings. The number of carbonyl (C=O) groups is 2. The smallest absolute Gasteiger partial charge is 0.338 e. The first-order valence-electron chi connectivity index (χ1n) is 11.4. The number of anilines is 1. The normalized spacial score (nSPS) is 10.7. The molecule has 11 heteroatoms. The van der Waals surface area contributed by atoms with Crippen molar-refractivity contribution < 1.29 is 23.8 Å². The summed E-state index contributed by atoms with van der Waals surface area (Å²) < 4.78 is 11.4. The van der Waals surface area contributed by atoms with E-state index in [9.17, 15) is 14.7 Å². The molecule has 5 rings (SSSR count). The molecule has 0 spiro atoms. The zero-order valence-electron chi connectivity index (χ0n) is 20.2. The number of amides is 1. The van der Waals surface area contributed by atoms with Gasteiger partial charge >= 0.3 is 5.97 Å². The Balaban J connectivity index is 1.65. The van der Waals surface area contributed by atoms with E-state index in [2.05, 4.69) is 15.3 Å². The first kappa shape index (κ1) is 25.8. The molecule has 0 aromatic heterocycles. The summed E-state index contributed by atoms with van der Waals surface area (Å²) in [4.78, 5) is 28.3. The van der Waals surface area contributed by atoms with Gasteiger partial charge in [0.25, 0.3) is 5.91 Å². The zero-order chi connectivity index (χ0) is 27.7. The minimum Gasteiger partial charge on any atom is -0.506 e. The summed E-state index contributed by atoms with van der Waals surface area (Å²) in [7, 11) is 1.32. The molecule has 0 unspecified atom stereocenters. The number of rotatable bonds is 5. The predicted octanol–water partition coefficient (Wildman–Crippen LogP) is 6.97. The Bertz CT molecular complexity index is 1880. The fourth-order valence-electron chi connectivity index (χ4n) is 4.31. The molecule has 0 radical (unpaired) electrons. The lowest BCUT2D eigenvalue weighted by Crippen LogP contribution is -2.12. The summed E-state index contributed by atoms with van der Waals surface area (Å²) in [6.45, 7) is 0. The molecule has 0 atom stereocenters. The fraction of sp³-hybridized carbons (Fsp3) is 0.0357. The van der Waals surface area contributed by atoms with Crippen molar-refractivity contribution in [1.29, 1.82) is 5.41 Å². The van der Waals surface area contributed by atoms with Gasteiger partial charge in [-0.3, -0.25) is 4.79 Å². The van der Waals surface area contributed by atoms with Gasteiger partial charge < -0.3 is 25.0 Å². The highest BCUT2D eigenvalue weighted by atomic mass is 127. The first-order valence-corrected chi connectivity index (χ1v) is 12.5. The maximum atomic E-state index is 13.0. The number of hydrogen-bond acceptors (Lipinski definition) is 7. The van der Waals surface area contributed by atoms with Crippen molar-refractivity contribution in [1.82, 2.24) is 0 Å². The van der Waals surface area contributed by atoms with Crippen LogP contribution in [-0.4, -0.2) is 24.1 Å². The molecular formula is C28H18IN5O5. The summed E-state index contributed by atoms with van der Waals surface area (Å²) in [6, 6.07) is 19.9. The number of nitrogens with one attached hydrogen (secondary N) is 2. The van der Waals surface area contributed by atoms with Crippen molar-refractivity contribution in [3.63, 3.8) is 0 Å². The van der Waals surface area contributed by atoms with Crippen LogP contribution in [0, 0.1) is 8.98 Å². The molecule has 0 saturated heterocycles. The number of hydrogen-bond donors (Lipinski definition) is 3. The van der Waals surface area contributed by atoms with Gasteiger partial charge in [-0.05, 0) is 70.1 Å². The fourth-order valence-corrected chi connectivity index (χ4v) is 4.89. The monoisotopic (exact) mass is 631 g/mol. The average Bonchev–Trinajstić information content (AvgIpc) is 2.93. The highest BCUT2D eigenvalue weighted by molar-refractivity contribution is 14.1. The number of methoxy groups -OCH3 is 1. The molecule has 1 amide bonds. The van der Waals surface area contributed by atoms with Crippen LogP contribution in [0.15, 0.2) is 82.3 Å². The summed E-state index contributed by atoms with van der Waals surface area (Å²) in [5.74, 6) is -0.953. The van der Waals surface area contributed by atoms with Crippen LogP contribution in [0.25, 0.3) is 43.9 Å². The van der Waals surface area contributed by atoms with E-state index in [1.165, 1.54) is 19.2 Å². The molecule has 1 heterocycles. The van der Waals surface area contributed by atoms with Crippen molar-refractivity contribution in [2.45, 2.75) is 0 Å². The maximum absolute atomic E-state index is 13.0. The zero-order valence-corrected chi connectivity index (χ0v) is 22.4. The van der Waals surface area contributed by atoms with Crippen LogP contribution in [0.1, 0.15) is 20.7 Å². The topological polar surface area (TPSA) is 161 Å². The molecule has 1 aliphatic carbocycles. The molecule has 0 fully saturated rings. The van der Waals surface area contributed by atoms with Crippen LogP contribution in [0.2, 0.25) is 0 Å². The van der Waals surface area contributed by atoms with Gasteiger partial charge in [-0.2, -0.15) is 0 Å². The third-order valence-corrected chi connectivity index (χ3v) is 7.14. The average molecular weight is 631 g/mol. The Labute approximate surface area is 234 Å². The lowest BCUT2D eigenvalue weighted by molar-refractivity contribution is 0.0601. The number of carbonyl (C=O) groups excluding carboxylic acids is 2. The summed E-state index contributed by atoms with van der Waals surface area (Å²) in [6.07, 6.45) is 0. The van der Waals surface area contributed by atoms with Crippen molar-refractivity contribution in [3.8, 4) is 28.2 Å². The maximum Gasteiger partial charge on any atom is 0.338 e. The molecule has 192 valence electrons. The number of fused-ring (bicyclic) bond motifs is 2. The number of ether oxygens (including phenoxy) is 1. The van der Waals surface area contributed by atoms with Crippen molar-refractivity contribution in [2.24, 2.45) is 5.11 Å². The van der Waals surface area contributed by atoms with Crippen LogP contribution in [0.4, 0.5) is 11.4 Å². The Hall–Kier alpha value is -4.87. The molecule has 0 saturated carbocycles. The Morgan fingerprint density at radius 1 is 1.05 bits per heavy atom. The molecule has 3 aromatic carbocycles. The van der Waals surface area contributed by atoms with Crippen molar-refractivity contribution in [2.75, 3.05) is 12.4 Å². The molecule has 3 aromatic rings. The molecule has 39 heavy (non-hydrogen) atoms. The van der Waals surface area contributed by atoms with Gasteiger partial charge in [0, 0.05) is 39.2 Å². The van der Waals surface area contributed by atoms with E-state index < -0.39 is 11.9 Å². The number of halogens is 1. The Morgan fingerprint density at radius 3 is 2.62 bits per heavy atom. The number of phenols is 1. The number of phenolic OH excluding ortho intramolecular Hbond substituents is 1. The lowest BCUT2D eigenvalue weighted by Gasteiger charge is -2.18. The number of nitrogens with zero attached hydrogens (tertiary/aromatic N) is 3. The third kappa shape index (κ3) is 4.76. The summed E-state index contributed by atoms with van der Waals surface area (Å²) in [5, 5.41) is 25.7. The number of esters is 1. The Kier molecular flexibility index (Phi) is 6.92. The standard InChI is InChI=1S/C28H18IN5O5/c1-38-28(37)17-5-3-2-4-16(17)24-18-8-6-14(30)12-22(18)39-23-13-15(7-9-19(23)24)32-27(36)20-10-11-21(33-34-31)25(29)26(20)35/h2-13,30,35H,1H3,(H,32,36). The van der Waals surface area contributed by atoms with Gasteiger partial charge in [-0.1, -0.05) is 29.4 Å². The summed E-state index contributed by atoms with van der Waals surface area (Å²) in [5.41, 5.74) is 12.1. The van der Waals surface area contributed by atoms with Crippen LogP contribution in [0.5, 0.6) is 5.75 Å². The van der Waals surface area contributed by atoms with E-state index in [-0.39, 0.29) is 25.9 Å². The second-order valence-corrected chi connectivity index (χ2v) is 9.45. The number of azide groups is 1. The van der Waals surface area contributed by atoms with Crippen LogP contribution in [0.3, 0.4) is 0 Å². The second kappa shape index (κ2) is 10.5. The minimum absolute atomic E-state index is 0.00150. The summed E-state index contributed by atoms with van der Waals surface area (Å²) >= 11 is 1.80. The molecule has 3 N–H and O–H groups in total. The lowest BCUT2D eigenvalue weighted by atomic mass is 9.90. The van der Waals surface area contributed by atoms with E-state index in [1.54, 1.807) is 71.1 Å². The van der Waals surface area contributed by atoms with E-state index in [1.807, 2.05) is 12.1 Å². The minimum atomic E-state index is -0.581. The van der Waals surface area contributed by atoms with Gasteiger partial charge in [-0.15, -0.1) is 0 Å². The number of aromatic hydroxyl groups is 1. The van der Waals surface area contributed by atoms with Crippen molar-refractivity contribution >= 4 is 56.8 Å². The van der Waals surface area contributed by atoms with E-state index in [0.29, 0.717) is 44.7 Å². The van der Waals surface area contributed by atoms with Crippen molar-refractivity contribution in [3.05, 3.63) is 103 Å².